The predicted octanol–water partition coefficient (Wildman–Crippen LogP) is 5.71. The van der Waals surface area contributed by atoms with Gasteiger partial charge in [0.25, 0.3) is 0 Å². The lowest BCUT2D eigenvalue weighted by Gasteiger charge is -2.07. The van der Waals surface area contributed by atoms with E-state index >= 15 is 0 Å². The van der Waals surface area contributed by atoms with E-state index in [9.17, 15) is 4.79 Å². The van der Waals surface area contributed by atoms with Gasteiger partial charge in [0.05, 0.1) is 0 Å². The number of hydrogen-bond acceptors (Lipinski definition) is 1. The molecule has 2 heteroatoms. The second-order valence-electron chi connectivity index (χ2n) is 7.29. The molecule has 0 unspecified atom stereocenters. The summed E-state index contributed by atoms with van der Waals surface area (Å²) in [5.41, 5.74) is 0. The highest BCUT2D eigenvalue weighted by Crippen LogP contribution is 2.11. The largest absolute Gasteiger partial charge is 0.356 e. The number of nitrogens with one attached hydrogen (secondary N) is 1. The Kier molecular flexibility index (Phi) is 14.0. The van der Waals surface area contributed by atoms with Gasteiger partial charge in [-0.1, -0.05) is 79.1 Å². The highest BCUT2D eigenvalue weighted by atomic mass is 16.1. The van der Waals surface area contributed by atoms with Gasteiger partial charge >= 0.3 is 0 Å². The Bertz CT molecular complexity index is 236. The van der Waals surface area contributed by atoms with Crippen LogP contribution >= 0.6 is 0 Å². The number of unbranched alkanes of at least 4 members (excludes halogenated alkanes) is 6. The molecular formula is C19H39NO. The summed E-state index contributed by atoms with van der Waals surface area (Å²) in [6.45, 7) is 9.89. The van der Waals surface area contributed by atoms with Crippen LogP contribution in [0.1, 0.15) is 98.3 Å². The first-order valence-electron chi connectivity index (χ1n) is 9.29. The molecule has 0 saturated heterocycles. The maximum absolute atomic E-state index is 11.6. The van der Waals surface area contributed by atoms with Crippen molar-refractivity contribution < 1.29 is 4.79 Å². The van der Waals surface area contributed by atoms with Crippen molar-refractivity contribution in [2.45, 2.75) is 98.3 Å². The molecule has 0 saturated carbocycles. The van der Waals surface area contributed by atoms with Crippen LogP contribution in [-0.2, 0) is 4.79 Å². The van der Waals surface area contributed by atoms with Crippen LogP contribution in [0.4, 0.5) is 0 Å². The molecule has 0 aliphatic carbocycles. The average molecular weight is 298 g/mol. The van der Waals surface area contributed by atoms with Crippen molar-refractivity contribution in [3.63, 3.8) is 0 Å². The van der Waals surface area contributed by atoms with Gasteiger partial charge in [-0.25, -0.2) is 0 Å². The van der Waals surface area contributed by atoms with Gasteiger partial charge in [-0.05, 0) is 24.7 Å². The molecule has 0 aromatic carbocycles. The average Bonchev–Trinajstić information content (AvgIpc) is 2.40. The fraction of sp³-hybridized carbons (Fsp3) is 0.947. The third kappa shape index (κ3) is 17.4. The summed E-state index contributed by atoms with van der Waals surface area (Å²) in [6.07, 6.45) is 13.5. The molecule has 0 rings (SSSR count). The first-order chi connectivity index (χ1) is 10.0. The number of amides is 1. The van der Waals surface area contributed by atoms with E-state index in [1.807, 2.05) is 0 Å². The molecule has 0 aliphatic heterocycles. The van der Waals surface area contributed by atoms with Crippen molar-refractivity contribution in [1.29, 1.82) is 0 Å². The van der Waals surface area contributed by atoms with E-state index in [1.165, 1.54) is 44.9 Å². The van der Waals surface area contributed by atoms with Crippen molar-refractivity contribution >= 4 is 5.91 Å². The molecule has 0 radical (unpaired) electrons. The summed E-state index contributed by atoms with van der Waals surface area (Å²) in [6, 6.07) is 0. The van der Waals surface area contributed by atoms with Gasteiger partial charge in [-0.15, -0.1) is 0 Å². The van der Waals surface area contributed by atoms with Gasteiger partial charge in [-0.2, -0.15) is 0 Å². The Morgan fingerprint density at radius 3 is 1.76 bits per heavy atom. The molecule has 21 heavy (non-hydrogen) atoms. The van der Waals surface area contributed by atoms with E-state index in [0.717, 1.165) is 31.7 Å². The number of rotatable bonds is 14. The Morgan fingerprint density at radius 1 is 0.714 bits per heavy atom. The van der Waals surface area contributed by atoms with E-state index in [-0.39, 0.29) is 5.91 Å². The third-order valence-electron chi connectivity index (χ3n) is 3.97. The normalized spacial score (nSPS) is 11.3. The third-order valence-corrected chi connectivity index (χ3v) is 3.97. The molecule has 1 amide bonds. The van der Waals surface area contributed by atoms with Crippen LogP contribution in [0.25, 0.3) is 0 Å². The first kappa shape index (κ1) is 20.5. The van der Waals surface area contributed by atoms with Gasteiger partial charge in [0, 0.05) is 13.0 Å². The minimum absolute atomic E-state index is 0.240. The first-order valence-corrected chi connectivity index (χ1v) is 9.29. The molecule has 0 atom stereocenters. The van der Waals surface area contributed by atoms with Crippen molar-refractivity contribution in [3.8, 4) is 0 Å². The Hall–Kier alpha value is -0.530. The Labute approximate surface area is 133 Å². The topological polar surface area (TPSA) is 29.1 Å². The van der Waals surface area contributed by atoms with Crippen molar-refractivity contribution in [2.24, 2.45) is 11.8 Å². The van der Waals surface area contributed by atoms with E-state index < -0.39 is 0 Å². The summed E-state index contributed by atoms with van der Waals surface area (Å²) >= 11 is 0. The fourth-order valence-electron chi connectivity index (χ4n) is 2.55. The fourth-order valence-corrected chi connectivity index (χ4v) is 2.55. The van der Waals surface area contributed by atoms with E-state index in [2.05, 4.69) is 33.0 Å². The van der Waals surface area contributed by atoms with Crippen LogP contribution < -0.4 is 5.32 Å². The Balaban J connectivity index is 3.16. The molecule has 0 heterocycles. The summed E-state index contributed by atoms with van der Waals surface area (Å²) < 4.78 is 0. The van der Waals surface area contributed by atoms with E-state index in [1.54, 1.807) is 0 Å². The van der Waals surface area contributed by atoms with Crippen LogP contribution in [0, 0.1) is 11.8 Å². The monoisotopic (exact) mass is 297 g/mol. The summed E-state index contributed by atoms with van der Waals surface area (Å²) in [5, 5.41) is 3.04. The van der Waals surface area contributed by atoms with Gasteiger partial charge in [0.15, 0.2) is 0 Å². The molecular weight excluding hydrogens is 258 g/mol. The molecule has 0 spiro atoms. The molecule has 126 valence electrons. The van der Waals surface area contributed by atoms with E-state index in [4.69, 9.17) is 0 Å². The zero-order valence-corrected chi connectivity index (χ0v) is 15.0. The van der Waals surface area contributed by atoms with Crippen LogP contribution in [-0.4, -0.2) is 12.5 Å². The summed E-state index contributed by atoms with van der Waals surface area (Å²) in [5.74, 6) is 1.80. The van der Waals surface area contributed by atoms with Crippen molar-refractivity contribution in [2.75, 3.05) is 6.54 Å². The predicted molar refractivity (Wildman–Crippen MR) is 93.5 cm³/mol. The van der Waals surface area contributed by atoms with Crippen LogP contribution in [0.3, 0.4) is 0 Å². The maximum Gasteiger partial charge on any atom is 0.219 e. The van der Waals surface area contributed by atoms with Crippen LogP contribution in [0.2, 0.25) is 0 Å². The lowest BCUT2D eigenvalue weighted by Crippen LogP contribution is -2.24. The molecule has 0 aromatic rings. The van der Waals surface area contributed by atoms with Gasteiger partial charge in [0.2, 0.25) is 5.91 Å². The lowest BCUT2D eigenvalue weighted by atomic mass is 10.0. The van der Waals surface area contributed by atoms with Gasteiger partial charge in [0.1, 0.15) is 0 Å². The minimum Gasteiger partial charge on any atom is -0.356 e. The molecule has 1 N–H and O–H groups in total. The molecule has 0 fully saturated rings. The maximum atomic E-state index is 11.6. The molecule has 0 aliphatic rings. The second-order valence-corrected chi connectivity index (χ2v) is 7.29. The van der Waals surface area contributed by atoms with Crippen LogP contribution in [0.15, 0.2) is 0 Å². The van der Waals surface area contributed by atoms with E-state index in [0.29, 0.717) is 12.3 Å². The smallest absolute Gasteiger partial charge is 0.219 e. The Morgan fingerprint density at radius 2 is 1.19 bits per heavy atom. The summed E-state index contributed by atoms with van der Waals surface area (Å²) in [7, 11) is 0. The number of carbonyl (C=O) groups is 1. The molecule has 0 aromatic heterocycles. The highest BCUT2D eigenvalue weighted by Gasteiger charge is 2.01. The standard InChI is InChI=1S/C19H39NO/c1-17(2)13-10-8-6-5-7-9-11-16-20-19(21)15-12-14-18(3)4/h17-18H,5-16H2,1-4H3,(H,20,21). The van der Waals surface area contributed by atoms with Crippen molar-refractivity contribution in [3.05, 3.63) is 0 Å². The zero-order chi connectivity index (χ0) is 15.9. The quantitative estimate of drug-likeness (QED) is 0.409. The molecule has 2 nitrogen and oxygen atoms in total. The SMILES string of the molecule is CC(C)CCCCCCCCCNC(=O)CCCC(C)C. The van der Waals surface area contributed by atoms with Crippen molar-refractivity contribution in [1.82, 2.24) is 5.32 Å². The number of hydrogen-bond donors (Lipinski definition) is 1. The summed E-state index contributed by atoms with van der Waals surface area (Å²) in [4.78, 5) is 11.6. The second kappa shape index (κ2) is 14.4. The molecule has 0 bridgehead atoms. The minimum atomic E-state index is 0.240. The zero-order valence-electron chi connectivity index (χ0n) is 15.0. The van der Waals surface area contributed by atoms with Gasteiger partial charge < -0.3 is 5.32 Å². The van der Waals surface area contributed by atoms with Gasteiger partial charge in [-0.3, -0.25) is 4.79 Å². The lowest BCUT2D eigenvalue weighted by molar-refractivity contribution is -0.121. The number of carbonyl (C=O) groups excluding carboxylic acids is 1. The highest BCUT2D eigenvalue weighted by molar-refractivity contribution is 5.75. The van der Waals surface area contributed by atoms with Crippen LogP contribution in [0.5, 0.6) is 0 Å².